The number of rotatable bonds is 8. The van der Waals surface area contributed by atoms with Crippen molar-refractivity contribution in [2.45, 2.75) is 24.9 Å². The Morgan fingerprint density at radius 1 is 1.23 bits per heavy atom. The third kappa shape index (κ3) is 4.48. The highest BCUT2D eigenvalue weighted by Gasteiger charge is 2.24. The third-order valence-electron chi connectivity index (χ3n) is 4.61. The summed E-state index contributed by atoms with van der Waals surface area (Å²) in [6, 6.07) is 17.7. The molecule has 0 bridgehead atoms. The van der Waals surface area contributed by atoms with Crippen LogP contribution < -0.4 is 4.74 Å². The van der Waals surface area contributed by atoms with E-state index in [1.54, 1.807) is 0 Å². The number of nitriles is 1. The number of thioether (sulfide) groups is 1. The second-order valence-electron chi connectivity index (χ2n) is 6.79. The van der Waals surface area contributed by atoms with Gasteiger partial charge in [0.1, 0.15) is 10.8 Å². The first-order chi connectivity index (χ1) is 15.1. The Kier molecular flexibility index (Phi) is 6.35. The number of aryl methyl sites for hydroxylation is 1. The molecular formula is C23H20N4O2S2. The van der Waals surface area contributed by atoms with E-state index in [9.17, 15) is 10.1 Å². The van der Waals surface area contributed by atoms with Gasteiger partial charge in [-0.2, -0.15) is 5.26 Å². The van der Waals surface area contributed by atoms with Crippen molar-refractivity contribution in [1.29, 1.82) is 5.26 Å². The second-order valence-corrected chi connectivity index (χ2v) is 8.62. The molecule has 8 heteroatoms. The molecule has 31 heavy (non-hydrogen) atoms. The van der Waals surface area contributed by atoms with Crippen LogP contribution in [0.1, 0.15) is 23.5 Å². The summed E-state index contributed by atoms with van der Waals surface area (Å²) in [6.45, 7) is 4.41. The lowest BCUT2D eigenvalue weighted by molar-refractivity contribution is -0.116. The smallest absolute Gasteiger partial charge is 0.174 e. The van der Waals surface area contributed by atoms with Crippen molar-refractivity contribution in [2.24, 2.45) is 0 Å². The predicted molar refractivity (Wildman–Crippen MR) is 123 cm³/mol. The molecule has 6 nitrogen and oxygen atoms in total. The van der Waals surface area contributed by atoms with Crippen molar-refractivity contribution in [1.82, 2.24) is 14.5 Å². The van der Waals surface area contributed by atoms with Gasteiger partial charge in [-0.3, -0.25) is 9.36 Å². The SMILES string of the molecule is CCOc1ccc(-n2c(SCC(=O)[C@@H](C#N)c3nc(C)cs3)nc3ccccc32)cc1. The van der Waals surface area contributed by atoms with Gasteiger partial charge >= 0.3 is 0 Å². The van der Waals surface area contributed by atoms with Crippen molar-refractivity contribution in [3.8, 4) is 17.5 Å². The topological polar surface area (TPSA) is 80.8 Å². The highest BCUT2D eigenvalue weighted by atomic mass is 32.2. The van der Waals surface area contributed by atoms with Crippen LogP contribution in [0.4, 0.5) is 0 Å². The lowest BCUT2D eigenvalue weighted by Crippen LogP contribution is -2.13. The summed E-state index contributed by atoms with van der Waals surface area (Å²) in [7, 11) is 0. The van der Waals surface area contributed by atoms with Crippen molar-refractivity contribution in [3.05, 3.63) is 64.6 Å². The summed E-state index contributed by atoms with van der Waals surface area (Å²) in [5, 5.41) is 12.6. The molecule has 0 saturated heterocycles. The van der Waals surface area contributed by atoms with Crippen LogP contribution in [-0.2, 0) is 4.79 Å². The number of para-hydroxylation sites is 2. The van der Waals surface area contributed by atoms with Gasteiger partial charge in [0.05, 0.1) is 29.5 Å². The molecule has 2 heterocycles. The van der Waals surface area contributed by atoms with E-state index in [2.05, 4.69) is 11.1 Å². The third-order valence-corrected chi connectivity index (χ3v) is 6.60. The molecule has 156 valence electrons. The van der Waals surface area contributed by atoms with E-state index >= 15 is 0 Å². The van der Waals surface area contributed by atoms with Crippen LogP contribution in [-0.4, -0.2) is 32.7 Å². The zero-order chi connectivity index (χ0) is 21.8. The summed E-state index contributed by atoms with van der Waals surface area (Å²) >= 11 is 2.68. The van der Waals surface area contributed by atoms with Crippen LogP contribution in [0.5, 0.6) is 5.75 Å². The molecule has 0 amide bonds. The molecule has 0 spiro atoms. The fraction of sp³-hybridized carbons (Fsp3) is 0.217. The molecule has 0 N–H and O–H groups in total. The van der Waals surface area contributed by atoms with Crippen LogP contribution in [0.2, 0.25) is 0 Å². The molecule has 2 aromatic carbocycles. The van der Waals surface area contributed by atoms with Crippen molar-refractivity contribution in [2.75, 3.05) is 12.4 Å². The molecular weight excluding hydrogens is 428 g/mol. The summed E-state index contributed by atoms with van der Waals surface area (Å²) < 4.78 is 7.57. The molecule has 0 aliphatic carbocycles. The van der Waals surface area contributed by atoms with E-state index in [0.29, 0.717) is 16.8 Å². The summed E-state index contributed by atoms with van der Waals surface area (Å²) in [5.41, 5.74) is 3.55. The number of ether oxygens (including phenoxy) is 1. The fourth-order valence-electron chi connectivity index (χ4n) is 3.20. The van der Waals surface area contributed by atoms with Gasteiger partial charge in [0.2, 0.25) is 0 Å². The van der Waals surface area contributed by atoms with Gasteiger partial charge in [-0.15, -0.1) is 11.3 Å². The molecule has 0 aliphatic heterocycles. The number of thiazole rings is 1. The maximum absolute atomic E-state index is 12.8. The van der Waals surface area contributed by atoms with Gasteiger partial charge in [0.25, 0.3) is 0 Å². The van der Waals surface area contributed by atoms with E-state index < -0.39 is 5.92 Å². The van der Waals surface area contributed by atoms with E-state index in [0.717, 1.165) is 28.2 Å². The van der Waals surface area contributed by atoms with Gasteiger partial charge < -0.3 is 4.74 Å². The molecule has 0 saturated carbocycles. The minimum absolute atomic E-state index is 0.136. The largest absolute Gasteiger partial charge is 0.494 e. The van der Waals surface area contributed by atoms with Gasteiger partial charge in [0, 0.05) is 16.8 Å². The van der Waals surface area contributed by atoms with Gasteiger partial charge in [0.15, 0.2) is 16.9 Å². The van der Waals surface area contributed by atoms with Gasteiger partial charge in [-0.25, -0.2) is 9.97 Å². The number of carbonyl (C=O) groups excluding carboxylic acids is 1. The molecule has 4 aromatic rings. The Morgan fingerprint density at radius 3 is 2.68 bits per heavy atom. The van der Waals surface area contributed by atoms with E-state index in [4.69, 9.17) is 9.72 Å². The molecule has 0 aliphatic rings. The number of hydrogen-bond acceptors (Lipinski definition) is 7. The highest BCUT2D eigenvalue weighted by molar-refractivity contribution is 7.99. The van der Waals surface area contributed by atoms with Crippen molar-refractivity contribution < 1.29 is 9.53 Å². The normalized spacial score (nSPS) is 11.9. The van der Waals surface area contributed by atoms with E-state index in [1.807, 2.05) is 72.3 Å². The van der Waals surface area contributed by atoms with Crippen LogP contribution in [0.3, 0.4) is 0 Å². The van der Waals surface area contributed by atoms with Crippen molar-refractivity contribution in [3.63, 3.8) is 0 Å². The number of imidazole rings is 1. The van der Waals surface area contributed by atoms with E-state index in [-0.39, 0.29) is 11.5 Å². The molecule has 0 unspecified atom stereocenters. The zero-order valence-corrected chi connectivity index (χ0v) is 18.7. The number of fused-ring (bicyclic) bond motifs is 1. The molecule has 0 fully saturated rings. The first-order valence-electron chi connectivity index (χ1n) is 9.78. The lowest BCUT2D eigenvalue weighted by Gasteiger charge is -2.11. The van der Waals surface area contributed by atoms with Crippen LogP contribution in [0.25, 0.3) is 16.7 Å². The van der Waals surface area contributed by atoms with E-state index in [1.165, 1.54) is 23.1 Å². The molecule has 2 aromatic heterocycles. The predicted octanol–water partition coefficient (Wildman–Crippen LogP) is 5.16. The number of benzene rings is 2. The maximum Gasteiger partial charge on any atom is 0.174 e. The zero-order valence-electron chi connectivity index (χ0n) is 17.1. The maximum atomic E-state index is 12.8. The Morgan fingerprint density at radius 2 is 2.00 bits per heavy atom. The number of nitrogens with zero attached hydrogens (tertiary/aromatic N) is 4. The average molecular weight is 449 g/mol. The van der Waals surface area contributed by atoms with Gasteiger partial charge in [-0.05, 0) is 50.2 Å². The first-order valence-corrected chi connectivity index (χ1v) is 11.6. The quantitative estimate of drug-likeness (QED) is 0.347. The monoisotopic (exact) mass is 448 g/mol. The lowest BCUT2D eigenvalue weighted by atomic mass is 10.1. The van der Waals surface area contributed by atoms with Crippen molar-refractivity contribution >= 4 is 39.9 Å². The molecule has 0 radical (unpaired) electrons. The standard InChI is InChI=1S/C23H20N4O2S2/c1-3-29-17-10-8-16(9-11-17)27-20-7-5-4-6-19(20)26-23(27)31-14-21(28)18(12-24)22-25-15(2)13-30-22/h4-11,13,18H,3,14H2,1-2H3/t18-/m1/s1. The number of carbonyl (C=O) groups is 1. The first kappa shape index (κ1) is 21.1. The second kappa shape index (κ2) is 9.33. The number of ketones is 1. The van der Waals surface area contributed by atoms with Crippen LogP contribution in [0, 0.1) is 18.3 Å². The summed E-state index contributed by atoms with van der Waals surface area (Å²) in [4.78, 5) is 21.8. The average Bonchev–Trinajstić information content (AvgIpc) is 3.37. The Balaban J connectivity index is 1.62. The Hall–Kier alpha value is -3.15. The van der Waals surface area contributed by atoms with Crippen LogP contribution in [0.15, 0.2) is 59.1 Å². The Bertz CT molecular complexity index is 1250. The molecule has 4 rings (SSSR count). The number of aromatic nitrogens is 3. The summed E-state index contributed by atoms with van der Waals surface area (Å²) in [6.07, 6.45) is 0. The summed E-state index contributed by atoms with van der Waals surface area (Å²) in [5.74, 6) is -0.0886. The number of Topliss-reactive ketones (excluding diaryl/α,β-unsaturated/α-hetero) is 1. The fourth-order valence-corrected chi connectivity index (χ4v) is 4.99. The highest BCUT2D eigenvalue weighted by Crippen LogP contribution is 2.30. The minimum Gasteiger partial charge on any atom is -0.494 e. The number of hydrogen-bond donors (Lipinski definition) is 0. The Labute approximate surface area is 188 Å². The molecule has 1 atom stereocenters. The minimum atomic E-state index is -0.852. The van der Waals surface area contributed by atoms with Gasteiger partial charge in [-0.1, -0.05) is 23.9 Å². The van der Waals surface area contributed by atoms with Crippen LogP contribution >= 0.6 is 23.1 Å².